The summed E-state index contributed by atoms with van der Waals surface area (Å²) in [6, 6.07) is 0. The maximum atomic E-state index is 11.9. The van der Waals surface area contributed by atoms with E-state index in [0.717, 1.165) is 4.90 Å². The second-order valence-corrected chi connectivity index (χ2v) is 4.85. The third-order valence-corrected chi connectivity index (χ3v) is 2.70. The van der Waals surface area contributed by atoms with E-state index < -0.39 is 18.3 Å². The van der Waals surface area contributed by atoms with Gasteiger partial charge in [0, 0.05) is 13.2 Å². The van der Waals surface area contributed by atoms with Gasteiger partial charge in [0.15, 0.2) is 0 Å². The maximum Gasteiger partial charge on any atom is 0.411 e. The van der Waals surface area contributed by atoms with Crippen molar-refractivity contribution in [1.29, 1.82) is 0 Å². The average molecular weight is 282 g/mol. The van der Waals surface area contributed by atoms with E-state index in [-0.39, 0.29) is 37.9 Å². The van der Waals surface area contributed by atoms with Crippen LogP contribution in [0.2, 0.25) is 0 Å². The summed E-state index contributed by atoms with van der Waals surface area (Å²) in [5.74, 6) is -0.750. The third-order valence-electron chi connectivity index (χ3n) is 2.70. The van der Waals surface area contributed by atoms with E-state index in [1.54, 1.807) is 13.8 Å². The van der Waals surface area contributed by atoms with Crippen molar-refractivity contribution in [3.63, 3.8) is 0 Å². The van der Waals surface area contributed by atoms with E-state index in [1.807, 2.05) is 0 Å². The number of alkyl halides is 3. The van der Waals surface area contributed by atoms with Gasteiger partial charge in [-0.15, -0.1) is 0 Å². The number of halogens is 3. The van der Waals surface area contributed by atoms with Gasteiger partial charge in [0.05, 0.1) is 12.1 Å². The molecule has 0 atom stereocenters. The number of nitrogens with one attached hydrogen (secondary N) is 1. The molecule has 0 unspecified atom stereocenters. The van der Waals surface area contributed by atoms with Crippen LogP contribution < -0.4 is 5.32 Å². The van der Waals surface area contributed by atoms with Crippen molar-refractivity contribution in [3.05, 3.63) is 0 Å². The smallest absolute Gasteiger partial charge is 0.372 e. The van der Waals surface area contributed by atoms with Gasteiger partial charge in [-0.05, 0) is 20.3 Å². The number of carbonyl (C=O) groups excluding carboxylic acids is 2. The molecule has 0 aromatic rings. The van der Waals surface area contributed by atoms with E-state index in [2.05, 4.69) is 10.1 Å². The lowest BCUT2D eigenvalue weighted by molar-refractivity contribution is -0.174. The molecule has 0 aromatic carbocycles. The Morgan fingerprint density at radius 3 is 2.58 bits per heavy atom. The minimum absolute atomic E-state index is 0.0438. The highest BCUT2D eigenvalue weighted by atomic mass is 19.4. The minimum atomic E-state index is -4.36. The summed E-state index contributed by atoms with van der Waals surface area (Å²) < 4.78 is 39.9. The van der Waals surface area contributed by atoms with Crippen LogP contribution in [0.15, 0.2) is 0 Å². The minimum Gasteiger partial charge on any atom is -0.372 e. The van der Waals surface area contributed by atoms with Gasteiger partial charge in [-0.2, -0.15) is 13.2 Å². The normalized spacial score (nSPS) is 19.9. The molecule has 0 aliphatic carbocycles. The molecule has 8 heteroatoms. The fraction of sp³-hybridized carbons (Fsp3) is 0.818. The van der Waals surface area contributed by atoms with Gasteiger partial charge in [0.2, 0.25) is 11.8 Å². The highest BCUT2D eigenvalue weighted by molar-refractivity contribution is 6.02. The molecule has 0 saturated carbocycles. The van der Waals surface area contributed by atoms with Crippen molar-refractivity contribution in [3.8, 4) is 0 Å². The Kier molecular flexibility index (Phi) is 4.92. The first kappa shape index (κ1) is 15.9. The number of nitrogens with zero attached hydrogens (tertiary/aromatic N) is 1. The summed E-state index contributed by atoms with van der Waals surface area (Å²) in [5.41, 5.74) is -0.833. The first-order valence-corrected chi connectivity index (χ1v) is 5.88. The lowest BCUT2D eigenvalue weighted by atomic mass is 10.0. The average Bonchev–Trinajstić information content (AvgIpc) is 2.27. The van der Waals surface area contributed by atoms with Crippen LogP contribution in [0.4, 0.5) is 13.2 Å². The van der Waals surface area contributed by atoms with Gasteiger partial charge in [-0.1, -0.05) is 0 Å². The van der Waals surface area contributed by atoms with Crippen molar-refractivity contribution >= 4 is 11.8 Å². The number of carbonyl (C=O) groups is 2. The molecule has 1 fully saturated rings. The van der Waals surface area contributed by atoms with Crippen LogP contribution in [-0.4, -0.2) is 54.7 Å². The number of piperazine rings is 1. The van der Waals surface area contributed by atoms with Gasteiger partial charge in [0.1, 0.15) is 6.61 Å². The van der Waals surface area contributed by atoms with Crippen LogP contribution in [-0.2, 0) is 14.3 Å². The third kappa shape index (κ3) is 4.79. The van der Waals surface area contributed by atoms with Crippen LogP contribution >= 0.6 is 0 Å². The molecule has 1 saturated heterocycles. The van der Waals surface area contributed by atoms with Gasteiger partial charge >= 0.3 is 6.18 Å². The largest absolute Gasteiger partial charge is 0.411 e. The SMILES string of the molecule is CC1(C)NCC(=O)N(CCCOCC(F)(F)F)C1=O. The van der Waals surface area contributed by atoms with Gasteiger partial charge in [0.25, 0.3) is 0 Å². The van der Waals surface area contributed by atoms with E-state index >= 15 is 0 Å². The molecule has 1 rings (SSSR count). The Hall–Kier alpha value is -1.15. The van der Waals surface area contributed by atoms with Crippen molar-refractivity contribution in [1.82, 2.24) is 10.2 Å². The molecular formula is C11H17F3N2O3. The van der Waals surface area contributed by atoms with Crippen LogP contribution in [0.5, 0.6) is 0 Å². The fourth-order valence-electron chi connectivity index (χ4n) is 1.66. The molecule has 0 bridgehead atoms. The molecule has 2 amide bonds. The lowest BCUT2D eigenvalue weighted by Crippen LogP contribution is -2.63. The molecular weight excluding hydrogens is 265 g/mol. The highest BCUT2D eigenvalue weighted by Gasteiger charge is 2.39. The maximum absolute atomic E-state index is 11.9. The second kappa shape index (κ2) is 5.87. The van der Waals surface area contributed by atoms with E-state index in [4.69, 9.17) is 0 Å². The zero-order chi connectivity index (χ0) is 14.7. The van der Waals surface area contributed by atoms with Crippen LogP contribution in [0.25, 0.3) is 0 Å². The first-order valence-electron chi connectivity index (χ1n) is 5.88. The summed E-state index contributed by atoms with van der Waals surface area (Å²) >= 11 is 0. The van der Waals surface area contributed by atoms with Crippen molar-refractivity contribution in [2.45, 2.75) is 32.0 Å². The lowest BCUT2D eigenvalue weighted by Gasteiger charge is -2.36. The number of ether oxygens (including phenoxy) is 1. The second-order valence-electron chi connectivity index (χ2n) is 4.85. The van der Waals surface area contributed by atoms with Crippen LogP contribution in [0.1, 0.15) is 20.3 Å². The summed E-state index contributed by atoms with van der Waals surface area (Å²) in [5, 5.41) is 2.79. The first-order chi connectivity index (χ1) is 8.63. The molecule has 1 N–H and O–H groups in total. The van der Waals surface area contributed by atoms with Crippen LogP contribution in [0.3, 0.4) is 0 Å². The van der Waals surface area contributed by atoms with E-state index in [0.29, 0.717) is 0 Å². The Bertz CT molecular complexity index is 356. The standard InChI is InChI=1S/C11H17F3N2O3/c1-10(2)9(18)16(8(17)6-15-10)4-3-5-19-7-11(12,13)14/h15H,3-7H2,1-2H3. The van der Waals surface area contributed by atoms with Gasteiger partial charge in [-0.3, -0.25) is 19.8 Å². The summed E-state index contributed by atoms with van der Waals surface area (Å²) in [7, 11) is 0. The number of hydrogen-bond acceptors (Lipinski definition) is 4. The summed E-state index contributed by atoms with van der Waals surface area (Å²) in [4.78, 5) is 24.5. The Morgan fingerprint density at radius 1 is 1.37 bits per heavy atom. The van der Waals surface area contributed by atoms with Gasteiger partial charge in [-0.25, -0.2) is 0 Å². The molecule has 0 radical (unpaired) electrons. The van der Waals surface area contributed by atoms with Gasteiger partial charge < -0.3 is 4.74 Å². The number of rotatable bonds is 5. The topological polar surface area (TPSA) is 58.6 Å². The monoisotopic (exact) mass is 282 g/mol. The van der Waals surface area contributed by atoms with Crippen molar-refractivity contribution < 1.29 is 27.5 Å². The van der Waals surface area contributed by atoms with Crippen LogP contribution in [0, 0.1) is 0 Å². The molecule has 1 aliphatic rings. The number of amides is 2. The molecule has 19 heavy (non-hydrogen) atoms. The zero-order valence-corrected chi connectivity index (χ0v) is 10.8. The Balaban J connectivity index is 2.35. The van der Waals surface area contributed by atoms with E-state index in [1.165, 1.54) is 0 Å². The summed E-state index contributed by atoms with van der Waals surface area (Å²) in [6.45, 7) is 1.94. The van der Waals surface area contributed by atoms with Crippen molar-refractivity contribution in [2.75, 3.05) is 26.3 Å². The molecule has 0 spiro atoms. The summed E-state index contributed by atoms with van der Waals surface area (Å²) in [6.07, 6.45) is -4.17. The number of hydrogen-bond donors (Lipinski definition) is 1. The molecule has 0 aromatic heterocycles. The quantitative estimate of drug-likeness (QED) is 0.595. The molecule has 110 valence electrons. The highest BCUT2D eigenvalue weighted by Crippen LogP contribution is 2.15. The Labute approximate surface area is 109 Å². The molecule has 1 heterocycles. The molecule has 1 aliphatic heterocycles. The predicted octanol–water partition coefficient (Wildman–Crippen LogP) is 0.692. The fourth-order valence-corrected chi connectivity index (χ4v) is 1.66. The predicted molar refractivity (Wildman–Crippen MR) is 60.3 cm³/mol. The Morgan fingerprint density at radius 2 is 2.00 bits per heavy atom. The number of imide groups is 1. The molecule has 5 nitrogen and oxygen atoms in total. The van der Waals surface area contributed by atoms with Crippen molar-refractivity contribution in [2.24, 2.45) is 0 Å². The van der Waals surface area contributed by atoms with E-state index in [9.17, 15) is 22.8 Å². The zero-order valence-electron chi connectivity index (χ0n) is 10.8.